The van der Waals surface area contributed by atoms with Crippen molar-refractivity contribution >= 4 is 111 Å². The Balaban J connectivity index is 0.880. The van der Waals surface area contributed by atoms with Crippen LogP contribution >= 0.6 is 23.5 Å². The van der Waals surface area contributed by atoms with Crippen LogP contribution in [0, 0.1) is 0 Å². The molecule has 0 fully saturated rings. The largest absolute Gasteiger partial charge is 0.456 e. The van der Waals surface area contributed by atoms with E-state index in [1.807, 2.05) is 10.8 Å². The van der Waals surface area contributed by atoms with Crippen LogP contribution in [0.25, 0.3) is 132 Å². The molecule has 0 saturated carbocycles. The van der Waals surface area contributed by atoms with Gasteiger partial charge in [-0.2, -0.15) is 0 Å². The van der Waals surface area contributed by atoms with Crippen molar-refractivity contribution in [3.05, 3.63) is 230 Å². The second-order valence-electron chi connectivity index (χ2n) is 17.8. The molecule has 0 unspecified atom stereocenters. The molecule has 330 valence electrons. The van der Waals surface area contributed by atoms with E-state index in [1.54, 1.807) is 23.5 Å². The van der Waals surface area contributed by atoms with Crippen LogP contribution in [0.5, 0.6) is 0 Å². The van der Waals surface area contributed by atoms with Crippen LogP contribution in [-0.4, -0.2) is 9.13 Å². The summed E-state index contributed by atoms with van der Waals surface area (Å²) in [6.45, 7) is 7.86. The third-order valence-electron chi connectivity index (χ3n) is 13.9. The topological polar surface area (TPSA) is 36.1 Å². The van der Waals surface area contributed by atoms with Gasteiger partial charge in [0.25, 0.3) is 0 Å². The first-order valence-electron chi connectivity index (χ1n) is 23.3. The van der Waals surface area contributed by atoms with Crippen molar-refractivity contribution in [1.82, 2.24) is 9.13 Å². The summed E-state index contributed by atoms with van der Waals surface area (Å²) in [5.74, 6) is 0. The number of thioether (sulfide) groups is 2. The third kappa shape index (κ3) is 6.48. The Hall–Kier alpha value is -8.42. The lowest BCUT2D eigenvalue weighted by Gasteiger charge is -2.10. The van der Waals surface area contributed by atoms with Gasteiger partial charge in [0.2, 0.25) is 0 Å². The molecule has 0 saturated heterocycles. The van der Waals surface area contributed by atoms with Gasteiger partial charge in [-0.3, -0.25) is 0 Å². The number of furan rings is 2. The van der Waals surface area contributed by atoms with Crippen LogP contribution in [0.2, 0.25) is 0 Å². The van der Waals surface area contributed by atoms with Crippen molar-refractivity contribution < 1.29 is 8.83 Å². The molecule has 70 heavy (non-hydrogen) atoms. The standard InChI is InChI=1S/C64H40N2O2S2/c1-3-69-47-13-9-11-39(31-47)43-19-25-51-49-15-5-7-17-57(49)65(59(51)35-43)45-23-29-63-55(37-45)53-33-41(21-27-61(53)67-63)42-22-28-62-54(34-42)56-38-46(24-30-64(56)68-62)66-58-18-8-6-16-50(58)52-26-20-44(36-60(52)66)40-12-10-14-48(32-40)70-4-2/h3-38H,1-2H2. The number of fused-ring (bicyclic) bond motifs is 12. The fourth-order valence-electron chi connectivity index (χ4n) is 10.7. The van der Waals surface area contributed by atoms with Crippen LogP contribution in [0.4, 0.5) is 0 Å². The zero-order chi connectivity index (χ0) is 46.5. The van der Waals surface area contributed by atoms with Gasteiger partial charge in [-0.25, -0.2) is 0 Å². The molecule has 0 amide bonds. The van der Waals surface area contributed by atoms with Gasteiger partial charge in [0.15, 0.2) is 0 Å². The fraction of sp³-hybridized carbons (Fsp3) is 0. The number of aromatic nitrogens is 2. The maximum Gasteiger partial charge on any atom is 0.135 e. The fourth-order valence-corrected chi connectivity index (χ4v) is 11.8. The minimum absolute atomic E-state index is 0.856. The van der Waals surface area contributed by atoms with E-state index in [0.29, 0.717) is 0 Å². The number of para-hydroxylation sites is 2. The monoisotopic (exact) mass is 932 g/mol. The van der Waals surface area contributed by atoms with Crippen molar-refractivity contribution in [2.24, 2.45) is 0 Å². The smallest absolute Gasteiger partial charge is 0.135 e. The van der Waals surface area contributed by atoms with Crippen molar-refractivity contribution in [3.63, 3.8) is 0 Å². The highest BCUT2D eigenvalue weighted by Crippen LogP contribution is 2.42. The summed E-state index contributed by atoms with van der Waals surface area (Å²) in [6, 6.07) is 74.6. The Labute approximate surface area is 411 Å². The maximum absolute atomic E-state index is 6.53. The number of benzene rings is 10. The molecule has 0 aliphatic carbocycles. The summed E-state index contributed by atoms with van der Waals surface area (Å²) in [6.07, 6.45) is 0. The number of nitrogens with zero attached hydrogens (tertiary/aromatic N) is 2. The van der Waals surface area contributed by atoms with Gasteiger partial charge in [-0.05, 0) is 153 Å². The second-order valence-corrected chi connectivity index (χ2v) is 19.9. The lowest BCUT2D eigenvalue weighted by atomic mass is 10.0. The molecular formula is C64H40N2O2S2. The van der Waals surface area contributed by atoms with Crippen molar-refractivity contribution in [2.45, 2.75) is 9.79 Å². The number of hydrogen-bond donors (Lipinski definition) is 0. The first-order valence-corrected chi connectivity index (χ1v) is 25.1. The van der Waals surface area contributed by atoms with E-state index in [-0.39, 0.29) is 0 Å². The molecule has 0 N–H and O–H groups in total. The highest BCUT2D eigenvalue weighted by molar-refractivity contribution is 8.02. The van der Waals surface area contributed by atoms with E-state index in [2.05, 4.69) is 229 Å². The quantitative estimate of drug-likeness (QED) is 0.135. The molecule has 4 heterocycles. The SMILES string of the molecule is C=CSc1cccc(-c2ccc3c4ccccc4n(-c4ccc5oc6ccc(-c7ccc8oc9ccc(-n%10c%11ccccc%11c%11ccc(-c%12cccc(SC=C)c%12)cc%11%10)cc9c8c7)cc6c5c4)c3c2)c1. The van der Waals surface area contributed by atoms with E-state index in [4.69, 9.17) is 8.83 Å². The zero-order valence-corrected chi connectivity index (χ0v) is 39.4. The lowest BCUT2D eigenvalue weighted by Crippen LogP contribution is -1.94. The first kappa shape index (κ1) is 40.6. The van der Waals surface area contributed by atoms with Crippen LogP contribution in [0.3, 0.4) is 0 Å². The molecule has 0 spiro atoms. The normalized spacial score (nSPS) is 11.9. The summed E-state index contributed by atoms with van der Waals surface area (Å²) in [5, 5.41) is 12.9. The highest BCUT2D eigenvalue weighted by atomic mass is 32.2. The van der Waals surface area contributed by atoms with Crippen LogP contribution in [0.1, 0.15) is 0 Å². The Morgan fingerprint density at radius 1 is 0.300 bits per heavy atom. The van der Waals surface area contributed by atoms with E-state index >= 15 is 0 Å². The van der Waals surface area contributed by atoms with E-state index < -0.39 is 0 Å². The van der Waals surface area contributed by atoms with Crippen LogP contribution in [0.15, 0.2) is 249 Å². The van der Waals surface area contributed by atoms with Gasteiger partial charge < -0.3 is 18.0 Å². The average Bonchev–Trinajstić information content (AvgIpc) is 4.15. The van der Waals surface area contributed by atoms with Crippen molar-refractivity contribution in [3.8, 4) is 44.8 Å². The van der Waals surface area contributed by atoms with Crippen LogP contribution < -0.4 is 0 Å². The van der Waals surface area contributed by atoms with Crippen molar-refractivity contribution in [1.29, 1.82) is 0 Å². The summed E-state index contributed by atoms with van der Waals surface area (Å²) in [5.41, 5.74) is 17.1. The van der Waals surface area contributed by atoms with E-state index in [1.165, 1.54) is 53.6 Å². The molecule has 14 aromatic rings. The molecule has 4 aromatic heterocycles. The lowest BCUT2D eigenvalue weighted by molar-refractivity contribution is 0.668. The average molecular weight is 933 g/mol. The van der Waals surface area contributed by atoms with E-state index in [9.17, 15) is 0 Å². The predicted octanol–water partition coefficient (Wildman–Crippen LogP) is 19.2. The molecule has 6 heteroatoms. The Bertz CT molecular complexity index is 4200. The molecule has 14 rings (SSSR count). The molecule has 0 aliphatic heterocycles. The highest BCUT2D eigenvalue weighted by Gasteiger charge is 2.19. The molecule has 0 bridgehead atoms. The van der Waals surface area contributed by atoms with Gasteiger partial charge in [0.1, 0.15) is 22.3 Å². The Kier molecular flexibility index (Phi) is 9.34. The van der Waals surface area contributed by atoms with Crippen LogP contribution in [-0.2, 0) is 0 Å². The molecule has 0 aliphatic rings. The van der Waals surface area contributed by atoms with Gasteiger partial charge in [0.05, 0.1) is 22.1 Å². The Morgan fingerprint density at radius 3 is 1.13 bits per heavy atom. The van der Waals surface area contributed by atoms with Gasteiger partial charge in [0, 0.05) is 64.3 Å². The summed E-state index contributed by atoms with van der Waals surface area (Å²) >= 11 is 3.28. The minimum atomic E-state index is 0.856. The second kappa shape index (κ2) is 16.1. The van der Waals surface area contributed by atoms with Gasteiger partial charge in [-0.15, -0.1) is 0 Å². The molecule has 0 radical (unpaired) electrons. The molecule has 0 atom stereocenters. The predicted molar refractivity (Wildman–Crippen MR) is 298 cm³/mol. The summed E-state index contributed by atoms with van der Waals surface area (Å²) in [7, 11) is 0. The maximum atomic E-state index is 6.53. The third-order valence-corrected chi connectivity index (χ3v) is 15.3. The summed E-state index contributed by atoms with van der Waals surface area (Å²) < 4.78 is 17.9. The molecule has 4 nitrogen and oxygen atoms in total. The first-order chi connectivity index (χ1) is 34.6. The molecular weight excluding hydrogens is 893 g/mol. The van der Waals surface area contributed by atoms with Crippen molar-refractivity contribution in [2.75, 3.05) is 0 Å². The summed E-state index contributed by atoms with van der Waals surface area (Å²) in [4.78, 5) is 2.34. The Morgan fingerprint density at radius 2 is 0.671 bits per heavy atom. The molecule has 10 aromatic carbocycles. The number of hydrogen-bond acceptors (Lipinski definition) is 4. The van der Waals surface area contributed by atoms with Gasteiger partial charge in [-0.1, -0.05) is 134 Å². The zero-order valence-electron chi connectivity index (χ0n) is 37.7. The minimum Gasteiger partial charge on any atom is -0.456 e. The van der Waals surface area contributed by atoms with E-state index in [0.717, 1.165) is 88.4 Å². The van der Waals surface area contributed by atoms with Gasteiger partial charge >= 0.3 is 0 Å². The number of rotatable bonds is 9.